The SMILES string of the molecule is NC(=NO)C1CCCN(C(=O)c2ccc(Br)o2)C1. The summed E-state index contributed by atoms with van der Waals surface area (Å²) >= 11 is 3.16. The number of hydrogen-bond acceptors (Lipinski definition) is 4. The summed E-state index contributed by atoms with van der Waals surface area (Å²) in [5.74, 6) is 0.206. The first-order valence-corrected chi connectivity index (χ1v) is 6.43. The summed E-state index contributed by atoms with van der Waals surface area (Å²) in [5, 5.41) is 11.7. The lowest BCUT2D eigenvalue weighted by Crippen LogP contribution is -2.44. The molecule has 7 heteroatoms. The number of likely N-dealkylation sites (tertiary alicyclic amines) is 1. The van der Waals surface area contributed by atoms with Crippen LogP contribution < -0.4 is 5.73 Å². The standard InChI is InChI=1S/C11H14BrN3O3/c12-9-4-3-8(18-9)11(16)15-5-1-2-7(6-15)10(13)14-17/h3-4,7,17H,1-2,5-6H2,(H2,13,14). The molecule has 1 aliphatic rings. The predicted molar refractivity (Wildman–Crippen MR) is 68.4 cm³/mol. The summed E-state index contributed by atoms with van der Waals surface area (Å²) in [4.78, 5) is 13.8. The fourth-order valence-electron chi connectivity index (χ4n) is 2.07. The Morgan fingerprint density at radius 2 is 2.39 bits per heavy atom. The van der Waals surface area contributed by atoms with E-state index in [4.69, 9.17) is 15.4 Å². The fraction of sp³-hybridized carbons (Fsp3) is 0.455. The van der Waals surface area contributed by atoms with Crippen LogP contribution in [0.2, 0.25) is 0 Å². The average Bonchev–Trinajstić information content (AvgIpc) is 2.83. The molecule has 0 spiro atoms. The molecular weight excluding hydrogens is 302 g/mol. The van der Waals surface area contributed by atoms with Crippen molar-refractivity contribution < 1.29 is 14.4 Å². The van der Waals surface area contributed by atoms with Gasteiger partial charge in [0.05, 0.1) is 0 Å². The molecule has 18 heavy (non-hydrogen) atoms. The van der Waals surface area contributed by atoms with Crippen LogP contribution in [-0.4, -0.2) is 34.9 Å². The number of nitrogens with zero attached hydrogens (tertiary/aromatic N) is 2. The van der Waals surface area contributed by atoms with Crippen molar-refractivity contribution in [3.63, 3.8) is 0 Å². The van der Waals surface area contributed by atoms with Gasteiger partial charge < -0.3 is 20.3 Å². The second-order valence-corrected chi connectivity index (χ2v) is 5.00. The van der Waals surface area contributed by atoms with Gasteiger partial charge in [-0.2, -0.15) is 0 Å². The van der Waals surface area contributed by atoms with Gasteiger partial charge in [0.2, 0.25) is 0 Å². The predicted octanol–water partition coefficient (Wildman–Crippen LogP) is 1.64. The molecule has 0 aliphatic carbocycles. The summed E-state index contributed by atoms with van der Waals surface area (Å²) in [5.41, 5.74) is 5.58. The Bertz CT molecular complexity index is 472. The monoisotopic (exact) mass is 315 g/mol. The number of nitrogens with two attached hydrogens (primary N) is 1. The topological polar surface area (TPSA) is 92.1 Å². The highest BCUT2D eigenvalue weighted by atomic mass is 79.9. The number of furan rings is 1. The van der Waals surface area contributed by atoms with E-state index in [1.165, 1.54) is 0 Å². The van der Waals surface area contributed by atoms with Crippen LogP contribution in [0.15, 0.2) is 26.4 Å². The van der Waals surface area contributed by atoms with Gasteiger partial charge in [-0.25, -0.2) is 0 Å². The molecule has 1 saturated heterocycles. The van der Waals surface area contributed by atoms with E-state index < -0.39 is 0 Å². The summed E-state index contributed by atoms with van der Waals surface area (Å²) in [7, 11) is 0. The van der Waals surface area contributed by atoms with Gasteiger partial charge in [0.1, 0.15) is 5.84 Å². The quantitative estimate of drug-likeness (QED) is 0.375. The van der Waals surface area contributed by atoms with Gasteiger partial charge in [0.15, 0.2) is 10.4 Å². The van der Waals surface area contributed by atoms with Gasteiger partial charge in [-0.3, -0.25) is 4.79 Å². The lowest BCUT2D eigenvalue weighted by Gasteiger charge is -2.31. The Balaban J connectivity index is 2.07. The van der Waals surface area contributed by atoms with Crippen LogP contribution >= 0.6 is 15.9 Å². The van der Waals surface area contributed by atoms with E-state index in [-0.39, 0.29) is 17.7 Å². The number of amidine groups is 1. The van der Waals surface area contributed by atoms with Crippen molar-refractivity contribution in [2.24, 2.45) is 16.8 Å². The third kappa shape index (κ3) is 2.66. The zero-order chi connectivity index (χ0) is 13.1. The maximum absolute atomic E-state index is 12.1. The lowest BCUT2D eigenvalue weighted by molar-refractivity contribution is 0.0667. The number of carbonyl (C=O) groups is 1. The van der Waals surface area contributed by atoms with Crippen LogP contribution in [0.4, 0.5) is 0 Å². The number of oxime groups is 1. The van der Waals surface area contributed by atoms with E-state index in [0.717, 1.165) is 12.8 Å². The van der Waals surface area contributed by atoms with Gasteiger partial charge in [-0.15, -0.1) is 0 Å². The van der Waals surface area contributed by atoms with Gasteiger partial charge >= 0.3 is 0 Å². The summed E-state index contributed by atoms with van der Waals surface area (Å²) in [6.07, 6.45) is 1.65. The van der Waals surface area contributed by atoms with Crippen LogP contribution in [0.1, 0.15) is 23.4 Å². The molecule has 3 N–H and O–H groups in total. The van der Waals surface area contributed by atoms with Crippen molar-refractivity contribution in [2.45, 2.75) is 12.8 Å². The zero-order valence-electron chi connectivity index (χ0n) is 9.67. The second-order valence-electron chi connectivity index (χ2n) is 4.22. The maximum Gasteiger partial charge on any atom is 0.289 e. The van der Waals surface area contributed by atoms with E-state index in [1.807, 2.05) is 0 Å². The highest BCUT2D eigenvalue weighted by Gasteiger charge is 2.28. The van der Waals surface area contributed by atoms with Gasteiger partial charge in [-0.05, 0) is 40.9 Å². The molecule has 6 nitrogen and oxygen atoms in total. The molecule has 1 fully saturated rings. The Kier molecular flexibility index (Phi) is 3.90. The molecule has 2 rings (SSSR count). The summed E-state index contributed by atoms with van der Waals surface area (Å²) < 4.78 is 5.76. The highest BCUT2D eigenvalue weighted by Crippen LogP contribution is 2.21. The number of hydrogen-bond donors (Lipinski definition) is 2. The Morgan fingerprint density at radius 3 is 3.00 bits per heavy atom. The normalized spacial score (nSPS) is 21.1. The molecule has 1 aromatic rings. The Hall–Kier alpha value is -1.50. The number of carbonyl (C=O) groups excluding carboxylic acids is 1. The molecule has 98 valence electrons. The van der Waals surface area contributed by atoms with Crippen molar-refractivity contribution in [1.82, 2.24) is 4.90 Å². The highest BCUT2D eigenvalue weighted by molar-refractivity contribution is 9.10. The third-order valence-electron chi connectivity index (χ3n) is 3.03. The van der Waals surface area contributed by atoms with E-state index in [1.54, 1.807) is 17.0 Å². The maximum atomic E-state index is 12.1. The number of amides is 1. The van der Waals surface area contributed by atoms with Crippen LogP contribution in [0.5, 0.6) is 0 Å². The molecule has 0 bridgehead atoms. The molecule has 1 amide bonds. The van der Waals surface area contributed by atoms with Gasteiger partial charge in [0, 0.05) is 19.0 Å². The summed E-state index contributed by atoms with van der Waals surface area (Å²) in [6, 6.07) is 3.30. The molecule has 1 atom stereocenters. The van der Waals surface area contributed by atoms with Crippen molar-refractivity contribution in [3.05, 3.63) is 22.6 Å². The van der Waals surface area contributed by atoms with Crippen molar-refractivity contribution in [2.75, 3.05) is 13.1 Å². The largest absolute Gasteiger partial charge is 0.444 e. The molecule has 1 aromatic heterocycles. The average molecular weight is 316 g/mol. The van der Waals surface area contributed by atoms with E-state index >= 15 is 0 Å². The third-order valence-corrected chi connectivity index (χ3v) is 3.45. The second kappa shape index (κ2) is 5.43. The Labute approximate surface area is 113 Å². The smallest absolute Gasteiger partial charge is 0.289 e. The van der Waals surface area contributed by atoms with Crippen LogP contribution in [0, 0.1) is 5.92 Å². The molecule has 1 aliphatic heterocycles. The first-order valence-electron chi connectivity index (χ1n) is 5.64. The van der Waals surface area contributed by atoms with E-state index in [2.05, 4.69) is 21.1 Å². The first-order chi connectivity index (χ1) is 8.61. The number of piperidine rings is 1. The fourth-order valence-corrected chi connectivity index (χ4v) is 2.38. The Morgan fingerprint density at radius 1 is 1.61 bits per heavy atom. The molecule has 0 radical (unpaired) electrons. The van der Waals surface area contributed by atoms with Crippen molar-refractivity contribution >= 4 is 27.7 Å². The van der Waals surface area contributed by atoms with Crippen molar-refractivity contribution in [3.8, 4) is 0 Å². The lowest BCUT2D eigenvalue weighted by atomic mass is 9.97. The summed E-state index contributed by atoms with van der Waals surface area (Å²) in [6.45, 7) is 1.11. The molecule has 0 aromatic carbocycles. The van der Waals surface area contributed by atoms with E-state index in [9.17, 15) is 4.79 Å². The minimum absolute atomic E-state index is 0.0916. The zero-order valence-corrected chi connectivity index (χ0v) is 11.3. The molecule has 0 saturated carbocycles. The molecule has 2 heterocycles. The first kappa shape index (κ1) is 12.9. The van der Waals surface area contributed by atoms with Gasteiger partial charge in [0.25, 0.3) is 5.91 Å². The molecular formula is C11H14BrN3O3. The van der Waals surface area contributed by atoms with Crippen LogP contribution in [0.3, 0.4) is 0 Å². The van der Waals surface area contributed by atoms with E-state index in [0.29, 0.717) is 23.5 Å². The van der Waals surface area contributed by atoms with Crippen LogP contribution in [0.25, 0.3) is 0 Å². The minimum atomic E-state index is -0.170. The molecule has 1 unspecified atom stereocenters. The number of halogens is 1. The van der Waals surface area contributed by atoms with Gasteiger partial charge in [-0.1, -0.05) is 5.16 Å². The number of rotatable bonds is 2. The van der Waals surface area contributed by atoms with Crippen molar-refractivity contribution in [1.29, 1.82) is 0 Å². The van der Waals surface area contributed by atoms with Crippen LogP contribution in [-0.2, 0) is 0 Å². The minimum Gasteiger partial charge on any atom is -0.444 e.